The zero-order chi connectivity index (χ0) is 22.5. The molecule has 6 nitrogen and oxygen atoms in total. The van der Waals surface area contributed by atoms with E-state index in [0.29, 0.717) is 21.5 Å². The number of esters is 1. The van der Waals surface area contributed by atoms with Crippen molar-refractivity contribution >= 4 is 57.0 Å². The van der Waals surface area contributed by atoms with Crippen LogP contribution in [0.1, 0.15) is 20.9 Å². The average Bonchev–Trinajstić information content (AvgIpc) is 3.16. The number of benzene rings is 1. The summed E-state index contributed by atoms with van der Waals surface area (Å²) in [6.45, 7) is 2.80. The molecule has 0 aliphatic carbocycles. The summed E-state index contributed by atoms with van der Waals surface area (Å²) in [5, 5.41) is 3.42. The number of thiophene rings is 1. The van der Waals surface area contributed by atoms with Crippen LogP contribution in [0.4, 0.5) is 10.1 Å². The lowest BCUT2D eigenvalue weighted by Crippen LogP contribution is -2.32. The predicted molar refractivity (Wildman–Crippen MR) is 128 cm³/mol. The first-order valence-electron chi connectivity index (χ1n) is 10.1. The number of halogens is 1. The number of methoxy groups -OCH3 is 1. The van der Waals surface area contributed by atoms with Gasteiger partial charge in [0.2, 0.25) is 5.91 Å². The van der Waals surface area contributed by atoms with E-state index in [9.17, 15) is 14.0 Å². The normalized spacial score (nSPS) is 14.7. The van der Waals surface area contributed by atoms with Crippen molar-refractivity contribution in [3.63, 3.8) is 0 Å². The van der Waals surface area contributed by atoms with Gasteiger partial charge in [0.25, 0.3) is 0 Å². The van der Waals surface area contributed by atoms with E-state index in [0.717, 1.165) is 36.8 Å². The number of carbonyl (C=O) groups is 2. The lowest BCUT2D eigenvalue weighted by atomic mass is 10.2. The molecule has 1 aliphatic rings. The number of nitrogens with one attached hydrogen (secondary N) is 1. The Bertz CT molecular complexity index is 1170. The average molecular weight is 472 g/mol. The van der Waals surface area contributed by atoms with Crippen molar-refractivity contribution in [3.05, 3.63) is 64.4 Å². The molecule has 0 unspecified atom stereocenters. The van der Waals surface area contributed by atoms with Gasteiger partial charge in [0.1, 0.15) is 15.5 Å². The Hall–Kier alpha value is -2.75. The van der Waals surface area contributed by atoms with Crippen molar-refractivity contribution in [1.29, 1.82) is 0 Å². The number of carbonyl (C=O) groups excluding carboxylic acids is 2. The van der Waals surface area contributed by atoms with E-state index in [4.69, 9.17) is 9.72 Å². The van der Waals surface area contributed by atoms with E-state index < -0.39 is 17.7 Å². The first kappa shape index (κ1) is 22.4. The molecule has 0 saturated carbocycles. The molecule has 1 N–H and O–H groups in total. The molecule has 0 atom stereocenters. The summed E-state index contributed by atoms with van der Waals surface area (Å²) in [5.74, 6) is 0.787. The van der Waals surface area contributed by atoms with Crippen LogP contribution in [0.25, 0.3) is 16.3 Å². The summed E-state index contributed by atoms with van der Waals surface area (Å²) in [5.41, 5.74) is 1.57. The number of rotatable bonds is 6. The molecule has 1 aromatic carbocycles. The molecule has 0 radical (unpaired) electrons. The van der Waals surface area contributed by atoms with Gasteiger partial charge in [-0.25, -0.2) is 14.2 Å². The van der Waals surface area contributed by atoms with Gasteiger partial charge in [-0.1, -0.05) is 18.2 Å². The number of hydrogen-bond donors (Lipinski definition) is 1. The summed E-state index contributed by atoms with van der Waals surface area (Å²) in [6.07, 6.45) is 2.63. The summed E-state index contributed by atoms with van der Waals surface area (Å²) in [7, 11) is 1.30. The van der Waals surface area contributed by atoms with Gasteiger partial charge < -0.3 is 10.1 Å². The van der Waals surface area contributed by atoms with Gasteiger partial charge in [0.05, 0.1) is 18.5 Å². The highest BCUT2D eigenvalue weighted by molar-refractivity contribution is 7.99. The summed E-state index contributed by atoms with van der Waals surface area (Å²) in [4.78, 5) is 32.9. The van der Waals surface area contributed by atoms with Gasteiger partial charge in [-0.3, -0.25) is 9.69 Å². The third kappa shape index (κ3) is 5.17. The van der Waals surface area contributed by atoms with Gasteiger partial charge in [0, 0.05) is 48.2 Å². The van der Waals surface area contributed by atoms with Gasteiger partial charge in [-0.2, -0.15) is 11.8 Å². The number of anilines is 1. The molecule has 1 aliphatic heterocycles. The Kier molecular flexibility index (Phi) is 7.19. The number of pyridine rings is 1. The van der Waals surface area contributed by atoms with Crippen molar-refractivity contribution in [2.45, 2.75) is 6.54 Å². The van der Waals surface area contributed by atoms with Crippen molar-refractivity contribution in [2.24, 2.45) is 0 Å². The molecule has 4 rings (SSSR count). The smallest absolute Gasteiger partial charge is 0.350 e. The van der Waals surface area contributed by atoms with Crippen molar-refractivity contribution in [2.75, 3.05) is 37.0 Å². The van der Waals surface area contributed by atoms with Crippen LogP contribution >= 0.6 is 23.1 Å². The number of thioether (sulfide) groups is 1. The van der Waals surface area contributed by atoms with Crippen LogP contribution in [0.5, 0.6) is 0 Å². The standard InChI is InChI=1S/C23H22FN3O3S2/c1-30-23(29)21-20(26-19(28)9-6-15-4-2-3-5-18(15)24)17-8-7-16(25-22(17)32-21)14-27-10-12-31-13-11-27/h2-9H,10-14H2,1H3,(H,26,28). The second-order valence-corrected chi connectivity index (χ2v) is 9.41. The number of fused-ring (bicyclic) bond motifs is 1. The number of ether oxygens (including phenoxy) is 1. The molecule has 3 heterocycles. The van der Waals surface area contributed by atoms with Crippen LogP contribution in [0, 0.1) is 5.82 Å². The maximum absolute atomic E-state index is 13.8. The maximum Gasteiger partial charge on any atom is 0.350 e. The minimum absolute atomic E-state index is 0.272. The third-order valence-electron chi connectivity index (χ3n) is 5.04. The van der Waals surface area contributed by atoms with Crippen LogP contribution in [-0.4, -0.2) is 53.5 Å². The van der Waals surface area contributed by atoms with Gasteiger partial charge in [-0.05, 0) is 24.3 Å². The van der Waals surface area contributed by atoms with E-state index >= 15 is 0 Å². The van der Waals surface area contributed by atoms with E-state index in [2.05, 4.69) is 10.2 Å². The zero-order valence-electron chi connectivity index (χ0n) is 17.5. The molecule has 2 aromatic heterocycles. The molecule has 0 bridgehead atoms. The summed E-state index contributed by atoms with van der Waals surface area (Å²) < 4.78 is 18.7. The molecule has 0 spiro atoms. The van der Waals surface area contributed by atoms with Gasteiger partial charge >= 0.3 is 5.97 Å². The van der Waals surface area contributed by atoms with E-state index in [1.165, 1.54) is 36.7 Å². The molecular formula is C23H22FN3O3S2. The van der Waals surface area contributed by atoms with Crippen molar-refractivity contribution in [1.82, 2.24) is 9.88 Å². The molecule has 9 heteroatoms. The van der Waals surface area contributed by atoms with Crippen LogP contribution in [-0.2, 0) is 16.1 Å². The van der Waals surface area contributed by atoms with E-state index in [-0.39, 0.29) is 4.88 Å². The topological polar surface area (TPSA) is 71.5 Å². The molecule has 1 saturated heterocycles. The van der Waals surface area contributed by atoms with Crippen LogP contribution in [0.15, 0.2) is 42.5 Å². The molecular weight excluding hydrogens is 449 g/mol. The monoisotopic (exact) mass is 471 g/mol. The Labute approximate surface area is 193 Å². The minimum Gasteiger partial charge on any atom is -0.465 e. The fraction of sp³-hybridized carbons (Fsp3) is 0.261. The number of amides is 1. The second-order valence-electron chi connectivity index (χ2n) is 7.19. The third-order valence-corrected chi connectivity index (χ3v) is 7.06. The summed E-state index contributed by atoms with van der Waals surface area (Å²) in [6, 6.07) is 9.96. The lowest BCUT2D eigenvalue weighted by Gasteiger charge is -2.25. The van der Waals surface area contributed by atoms with E-state index in [1.54, 1.807) is 18.2 Å². The van der Waals surface area contributed by atoms with Crippen molar-refractivity contribution < 1.29 is 18.7 Å². The predicted octanol–water partition coefficient (Wildman–Crippen LogP) is 4.42. The molecule has 1 amide bonds. The van der Waals surface area contributed by atoms with Crippen LogP contribution < -0.4 is 5.32 Å². The van der Waals surface area contributed by atoms with Gasteiger partial charge in [0.15, 0.2) is 0 Å². The molecule has 32 heavy (non-hydrogen) atoms. The quantitative estimate of drug-likeness (QED) is 0.424. The summed E-state index contributed by atoms with van der Waals surface area (Å²) >= 11 is 3.14. The van der Waals surface area contributed by atoms with Crippen LogP contribution in [0.3, 0.4) is 0 Å². The lowest BCUT2D eigenvalue weighted by molar-refractivity contribution is -0.111. The Balaban J connectivity index is 1.59. The zero-order valence-corrected chi connectivity index (χ0v) is 19.1. The van der Waals surface area contributed by atoms with Crippen molar-refractivity contribution in [3.8, 4) is 0 Å². The highest BCUT2D eigenvalue weighted by Gasteiger charge is 2.22. The SMILES string of the molecule is COC(=O)c1sc2nc(CN3CCSCC3)ccc2c1NC(=O)C=Cc1ccccc1F. The largest absolute Gasteiger partial charge is 0.465 e. The second kappa shape index (κ2) is 10.2. The molecule has 166 valence electrons. The molecule has 1 fully saturated rings. The highest BCUT2D eigenvalue weighted by Crippen LogP contribution is 2.35. The Morgan fingerprint density at radius 3 is 2.75 bits per heavy atom. The molecule has 3 aromatic rings. The Morgan fingerprint density at radius 2 is 2.00 bits per heavy atom. The first-order valence-corrected chi connectivity index (χ1v) is 12.1. The number of hydrogen-bond acceptors (Lipinski definition) is 7. The highest BCUT2D eigenvalue weighted by atomic mass is 32.2. The fourth-order valence-electron chi connectivity index (χ4n) is 3.39. The van der Waals surface area contributed by atoms with E-state index in [1.807, 2.05) is 23.9 Å². The Morgan fingerprint density at radius 1 is 1.22 bits per heavy atom. The first-order chi connectivity index (χ1) is 15.5. The van der Waals surface area contributed by atoms with Gasteiger partial charge in [-0.15, -0.1) is 11.3 Å². The number of aromatic nitrogens is 1. The number of nitrogens with zero attached hydrogens (tertiary/aromatic N) is 2. The van der Waals surface area contributed by atoms with Crippen LogP contribution in [0.2, 0.25) is 0 Å². The minimum atomic E-state index is -0.545. The maximum atomic E-state index is 13.8. The fourth-order valence-corrected chi connectivity index (χ4v) is 5.44.